The fourth-order valence-corrected chi connectivity index (χ4v) is 2.85. The summed E-state index contributed by atoms with van der Waals surface area (Å²) in [5.74, 6) is 0.293. The lowest BCUT2D eigenvalue weighted by Crippen LogP contribution is -2.86. The number of carbonyl (C=O) groups is 1. The van der Waals surface area contributed by atoms with Crippen LogP contribution >= 0.6 is 0 Å². The number of ether oxygens (including phenoxy) is 1. The van der Waals surface area contributed by atoms with Gasteiger partial charge in [0.05, 0.1) is 19.5 Å². The minimum absolute atomic E-state index is 0.120. The van der Waals surface area contributed by atoms with Crippen LogP contribution in [0.15, 0.2) is 24.3 Å². The predicted molar refractivity (Wildman–Crippen MR) is 76.4 cm³/mol. The first-order chi connectivity index (χ1) is 9.49. The topological polar surface area (TPSA) is 63.1 Å². The second-order valence-electron chi connectivity index (χ2n) is 6.02. The lowest BCUT2D eigenvalue weighted by Gasteiger charge is -2.35. The standard InChI is InChI=1S/C16H23NO3/c1-16(2,13-7-9-17-10-8-13)20-15(19)11-12-5-3-4-6-14(12)18/h3-6,13,17-18H,7-11H2,1-2H3/p+1. The Morgan fingerprint density at radius 3 is 2.65 bits per heavy atom. The van der Waals surface area contributed by atoms with Gasteiger partial charge in [-0.05, 0) is 19.9 Å². The lowest BCUT2D eigenvalue weighted by atomic mass is 9.83. The van der Waals surface area contributed by atoms with Crippen molar-refractivity contribution in [2.24, 2.45) is 5.92 Å². The molecule has 4 heteroatoms. The minimum Gasteiger partial charge on any atom is -0.508 e. The number of para-hydroxylation sites is 1. The number of benzene rings is 1. The van der Waals surface area contributed by atoms with Crippen molar-refractivity contribution in [1.82, 2.24) is 0 Å². The second-order valence-corrected chi connectivity index (χ2v) is 6.02. The average molecular weight is 278 g/mol. The summed E-state index contributed by atoms with van der Waals surface area (Å²) in [5, 5.41) is 12.0. The van der Waals surface area contributed by atoms with Crippen LogP contribution in [0.3, 0.4) is 0 Å². The van der Waals surface area contributed by atoms with E-state index in [0.717, 1.165) is 25.9 Å². The van der Waals surface area contributed by atoms with Crippen LogP contribution in [0, 0.1) is 5.92 Å². The molecule has 0 spiro atoms. The smallest absolute Gasteiger partial charge is 0.310 e. The van der Waals surface area contributed by atoms with Gasteiger partial charge in [0.15, 0.2) is 0 Å². The number of rotatable bonds is 4. The fraction of sp³-hybridized carbons (Fsp3) is 0.562. The number of piperidine rings is 1. The van der Waals surface area contributed by atoms with E-state index >= 15 is 0 Å². The Hall–Kier alpha value is -1.55. The molecule has 1 aromatic rings. The van der Waals surface area contributed by atoms with Crippen molar-refractivity contribution in [3.05, 3.63) is 29.8 Å². The van der Waals surface area contributed by atoms with Crippen LogP contribution in [-0.4, -0.2) is 29.8 Å². The molecule has 3 N–H and O–H groups in total. The molecule has 1 heterocycles. The van der Waals surface area contributed by atoms with Crippen LogP contribution < -0.4 is 5.32 Å². The van der Waals surface area contributed by atoms with Crippen molar-refractivity contribution in [2.45, 2.75) is 38.7 Å². The quantitative estimate of drug-likeness (QED) is 0.814. The van der Waals surface area contributed by atoms with Crippen LogP contribution in [-0.2, 0) is 16.0 Å². The molecule has 1 aromatic carbocycles. The molecule has 0 amide bonds. The summed E-state index contributed by atoms with van der Waals surface area (Å²) in [6.07, 6.45) is 2.28. The Kier molecular flexibility index (Phi) is 4.65. The molecule has 1 aliphatic heterocycles. The van der Waals surface area contributed by atoms with Crippen LogP contribution in [0.1, 0.15) is 32.3 Å². The van der Waals surface area contributed by atoms with E-state index in [0.29, 0.717) is 11.5 Å². The highest BCUT2D eigenvalue weighted by Gasteiger charge is 2.35. The highest BCUT2D eigenvalue weighted by Crippen LogP contribution is 2.28. The number of nitrogens with two attached hydrogens (primary N) is 1. The van der Waals surface area contributed by atoms with Crippen molar-refractivity contribution < 1.29 is 20.0 Å². The first kappa shape index (κ1) is 14.9. The van der Waals surface area contributed by atoms with Gasteiger partial charge in [-0.1, -0.05) is 18.2 Å². The molecule has 20 heavy (non-hydrogen) atoms. The van der Waals surface area contributed by atoms with Crippen molar-refractivity contribution >= 4 is 5.97 Å². The highest BCUT2D eigenvalue weighted by molar-refractivity contribution is 5.74. The molecule has 1 fully saturated rings. The van der Waals surface area contributed by atoms with E-state index in [1.54, 1.807) is 18.2 Å². The van der Waals surface area contributed by atoms with Crippen LogP contribution in [0.5, 0.6) is 5.75 Å². The predicted octanol–water partition coefficient (Wildman–Crippen LogP) is 1.23. The van der Waals surface area contributed by atoms with Gasteiger partial charge < -0.3 is 15.2 Å². The van der Waals surface area contributed by atoms with E-state index in [-0.39, 0.29) is 18.1 Å². The van der Waals surface area contributed by atoms with E-state index in [1.165, 1.54) is 0 Å². The zero-order valence-electron chi connectivity index (χ0n) is 12.3. The molecule has 2 rings (SSSR count). The third-order valence-corrected chi connectivity index (χ3v) is 4.12. The van der Waals surface area contributed by atoms with E-state index in [1.807, 2.05) is 19.9 Å². The van der Waals surface area contributed by atoms with Crippen LogP contribution in [0.25, 0.3) is 0 Å². The van der Waals surface area contributed by atoms with Crippen molar-refractivity contribution in [1.29, 1.82) is 0 Å². The number of hydrogen-bond donors (Lipinski definition) is 2. The van der Waals surface area contributed by atoms with Gasteiger partial charge >= 0.3 is 5.97 Å². The monoisotopic (exact) mass is 278 g/mol. The molecule has 0 saturated carbocycles. The van der Waals surface area contributed by atoms with Gasteiger partial charge in [-0.15, -0.1) is 0 Å². The largest absolute Gasteiger partial charge is 0.508 e. The molecule has 4 nitrogen and oxygen atoms in total. The number of quaternary nitrogens is 1. The summed E-state index contributed by atoms with van der Waals surface area (Å²) in [6, 6.07) is 6.89. The summed E-state index contributed by atoms with van der Waals surface area (Å²) in [5.41, 5.74) is 0.181. The number of aromatic hydroxyl groups is 1. The molecule has 0 aromatic heterocycles. The fourth-order valence-electron chi connectivity index (χ4n) is 2.85. The third-order valence-electron chi connectivity index (χ3n) is 4.12. The van der Waals surface area contributed by atoms with Gasteiger partial charge in [0.2, 0.25) is 0 Å². The molecular formula is C16H24NO3+. The second kappa shape index (κ2) is 6.27. The van der Waals surface area contributed by atoms with Gasteiger partial charge in [0.1, 0.15) is 11.4 Å². The Bertz CT molecular complexity index is 465. The summed E-state index contributed by atoms with van der Waals surface area (Å²) in [7, 11) is 0. The molecule has 0 bridgehead atoms. The van der Waals surface area contributed by atoms with Gasteiger partial charge in [-0.3, -0.25) is 4.79 Å². The highest BCUT2D eigenvalue weighted by atomic mass is 16.6. The summed E-state index contributed by atoms with van der Waals surface area (Å²) in [4.78, 5) is 12.1. The lowest BCUT2D eigenvalue weighted by molar-refractivity contribution is -0.665. The maximum Gasteiger partial charge on any atom is 0.310 e. The molecule has 0 unspecified atom stereocenters. The Morgan fingerprint density at radius 1 is 1.35 bits per heavy atom. The van der Waals surface area contributed by atoms with Crippen molar-refractivity contribution in [3.63, 3.8) is 0 Å². The summed E-state index contributed by atoms with van der Waals surface area (Å²) >= 11 is 0. The number of carbonyl (C=O) groups excluding carboxylic acids is 1. The Morgan fingerprint density at radius 2 is 2.00 bits per heavy atom. The van der Waals surface area contributed by atoms with Gasteiger partial charge in [0.25, 0.3) is 0 Å². The first-order valence-corrected chi connectivity index (χ1v) is 7.29. The van der Waals surface area contributed by atoms with E-state index < -0.39 is 5.60 Å². The summed E-state index contributed by atoms with van der Waals surface area (Å²) < 4.78 is 5.67. The Balaban J connectivity index is 1.94. The third kappa shape index (κ3) is 3.73. The Labute approximate surface area is 120 Å². The maximum atomic E-state index is 12.1. The van der Waals surface area contributed by atoms with Crippen LogP contribution in [0.4, 0.5) is 0 Å². The van der Waals surface area contributed by atoms with Crippen LogP contribution in [0.2, 0.25) is 0 Å². The van der Waals surface area contributed by atoms with Crippen molar-refractivity contribution in [3.8, 4) is 5.75 Å². The zero-order valence-corrected chi connectivity index (χ0v) is 12.3. The number of esters is 1. The van der Waals surface area contributed by atoms with E-state index in [4.69, 9.17) is 4.74 Å². The van der Waals surface area contributed by atoms with Crippen molar-refractivity contribution in [2.75, 3.05) is 13.1 Å². The van der Waals surface area contributed by atoms with E-state index in [9.17, 15) is 9.90 Å². The maximum absolute atomic E-state index is 12.1. The molecule has 0 atom stereocenters. The summed E-state index contributed by atoms with van der Waals surface area (Å²) in [6.45, 7) is 6.19. The molecule has 1 aliphatic rings. The normalized spacial score (nSPS) is 16.9. The van der Waals surface area contributed by atoms with Gasteiger partial charge in [-0.25, -0.2) is 0 Å². The molecule has 110 valence electrons. The number of phenols is 1. The molecule has 0 aliphatic carbocycles. The molecule has 0 radical (unpaired) electrons. The SMILES string of the molecule is CC(C)(OC(=O)Cc1ccccc1O)C1CC[NH2+]CC1. The average Bonchev–Trinajstić information content (AvgIpc) is 2.42. The molecule has 1 saturated heterocycles. The van der Waals surface area contributed by atoms with E-state index in [2.05, 4.69) is 5.32 Å². The number of phenolic OH excluding ortho intramolecular Hbond substituents is 1. The first-order valence-electron chi connectivity index (χ1n) is 7.29. The number of hydrogen-bond acceptors (Lipinski definition) is 3. The minimum atomic E-state index is -0.435. The molecular weight excluding hydrogens is 254 g/mol. The zero-order chi connectivity index (χ0) is 14.6. The van der Waals surface area contributed by atoms with Gasteiger partial charge in [0, 0.05) is 24.3 Å². The van der Waals surface area contributed by atoms with Gasteiger partial charge in [-0.2, -0.15) is 0 Å².